The molecule has 2 amide bonds. The van der Waals surface area contributed by atoms with E-state index in [4.69, 9.17) is 0 Å². The number of amides is 2. The van der Waals surface area contributed by atoms with Crippen LogP contribution in [0.3, 0.4) is 0 Å². The molecule has 1 aliphatic rings. The fourth-order valence-corrected chi connectivity index (χ4v) is 2.83. The number of hydrogen-bond donors (Lipinski definition) is 3. The molecule has 0 saturated carbocycles. The zero-order valence-corrected chi connectivity index (χ0v) is 14.1. The van der Waals surface area contributed by atoms with Crippen LogP contribution >= 0.6 is 0 Å². The highest BCUT2D eigenvalue weighted by Crippen LogP contribution is 2.15. The molecule has 0 aliphatic carbocycles. The lowest BCUT2D eigenvalue weighted by molar-refractivity contribution is 0.114. The standard InChI is InChI=1S/C16H33N3O2/c1-5-13(3)15(20)9-17-16(21)18-14(4)11-19-8-6-7-12(2)10-19/h12-15,20H,5-11H2,1-4H3,(H2,17,18,21). The summed E-state index contributed by atoms with van der Waals surface area (Å²) < 4.78 is 0. The summed E-state index contributed by atoms with van der Waals surface area (Å²) in [4.78, 5) is 14.2. The number of hydrogen-bond acceptors (Lipinski definition) is 3. The summed E-state index contributed by atoms with van der Waals surface area (Å²) in [6.07, 6.45) is 3.00. The maximum Gasteiger partial charge on any atom is 0.315 e. The third-order valence-electron chi connectivity index (χ3n) is 4.42. The molecule has 0 radical (unpaired) electrons. The largest absolute Gasteiger partial charge is 0.391 e. The lowest BCUT2D eigenvalue weighted by Gasteiger charge is -2.32. The third kappa shape index (κ3) is 7.14. The van der Waals surface area contributed by atoms with Gasteiger partial charge in [-0.2, -0.15) is 0 Å². The van der Waals surface area contributed by atoms with Crippen molar-refractivity contribution in [3.05, 3.63) is 0 Å². The Bertz CT molecular complexity index is 312. The summed E-state index contributed by atoms with van der Waals surface area (Å²) >= 11 is 0. The van der Waals surface area contributed by atoms with Crippen LogP contribution in [0.15, 0.2) is 0 Å². The maximum absolute atomic E-state index is 11.8. The Hall–Kier alpha value is -0.810. The number of likely N-dealkylation sites (tertiary alicyclic amines) is 1. The number of nitrogens with one attached hydrogen (secondary N) is 2. The second kappa shape index (κ2) is 9.26. The van der Waals surface area contributed by atoms with Gasteiger partial charge in [-0.1, -0.05) is 27.2 Å². The van der Waals surface area contributed by atoms with Gasteiger partial charge in [0, 0.05) is 25.7 Å². The number of nitrogens with zero attached hydrogens (tertiary/aromatic N) is 1. The summed E-state index contributed by atoms with van der Waals surface area (Å²) in [7, 11) is 0. The molecule has 1 saturated heterocycles. The van der Waals surface area contributed by atoms with E-state index < -0.39 is 6.10 Å². The van der Waals surface area contributed by atoms with Crippen LogP contribution in [0.1, 0.15) is 47.0 Å². The summed E-state index contributed by atoms with van der Waals surface area (Å²) in [5.74, 6) is 0.961. The minimum atomic E-state index is -0.473. The van der Waals surface area contributed by atoms with Crippen LogP contribution in [0.2, 0.25) is 0 Å². The predicted octanol–water partition coefficient (Wildman–Crippen LogP) is 1.81. The van der Waals surface area contributed by atoms with Crippen LogP contribution in [0.5, 0.6) is 0 Å². The Morgan fingerprint density at radius 3 is 2.76 bits per heavy atom. The van der Waals surface area contributed by atoms with Crippen molar-refractivity contribution in [2.45, 2.75) is 59.1 Å². The van der Waals surface area contributed by atoms with Gasteiger partial charge in [-0.05, 0) is 38.1 Å². The Labute approximate surface area is 129 Å². The monoisotopic (exact) mass is 299 g/mol. The van der Waals surface area contributed by atoms with Crippen molar-refractivity contribution in [1.29, 1.82) is 0 Å². The Kier molecular flexibility index (Phi) is 8.04. The lowest BCUT2D eigenvalue weighted by Crippen LogP contribution is -2.49. The first-order valence-corrected chi connectivity index (χ1v) is 8.37. The zero-order valence-electron chi connectivity index (χ0n) is 14.1. The van der Waals surface area contributed by atoms with Crippen LogP contribution in [-0.2, 0) is 0 Å². The van der Waals surface area contributed by atoms with Crippen molar-refractivity contribution in [2.24, 2.45) is 11.8 Å². The van der Waals surface area contributed by atoms with E-state index in [0.717, 1.165) is 32.0 Å². The fraction of sp³-hybridized carbons (Fsp3) is 0.938. The molecular weight excluding hydrogens is 266 g/mol. The van der Waals surface area contributed by atoms with Gasteiger partial charge in [0.2, 0.25) is 0 Å². The molecule has 4 atom stereocenters. The van der Waals surface area contributed by atoms with Crippen molar-refractivity contribution >= 4 is 6.03 Å². The molecule has 21 heavy (non-hydrogen) atoms. The number of aliphatic hydroxyl groups excluding tert-OH is 1. The summed E-state index contributed by atoms with van der Waals surface area (Å²) in [5, 5.41) is 15.5. The minimum Gasteiger partial charge on any atom is -0.391 e. The molecule has 1 aliphatic heterocycles. The Morgan fingerprint density at radius 2 is 2.14 bits per heavy atom. The number of piperidine rings is 1. The maximum atomic E-state index is 11.8. The normalized spacial score (nSPS) is 24.1. The van der Waals surface area contributed by atoms with Gasteiger partial charge in [-0.3, -0.25) is 0 Å². The predicted molar refractivity (Wildman–Crippen MR) is 86.3 cm³/mol. The third-order valence-corrected chi connectivity index (χ3v) is 4.42. The molecule has 5 heteroatoms. The van der Waals surface area contributed by atoms with E-state index in [0.29, 0.717) is 6.54 Å². The van der Waals surface area contributed by atoms with Crippen molar-refractivity contribution in [2.75, 3.05) is 26.2 Å². The number of rotatable bonds is 7. The van der Waals surface area contributed by atoms with E-state index >= 15 is 0 Å². The van der Waals surface area contributed by atoms with Gasteiger partial charge >= 0.3 is 6.03 Å². The second-order valence-corrected chi connectivity index (χ2v) is 6.72. The fourth-order valence-electron chi connectivity index (χ4n) is 2.83. The number of carbonyl (C=O) groups excluding carboxylic acids is 1. The smallest absolute Gasteiger partial charge is 0.315 e. The summed E-state index contributed by atoms with van der Waals surface area (Å²) in [5.41, 5.74) is 0. The van der Waals surface area contributed by atoms with Gasteiger partial charge in [-0.15, -0.1) is 0 Å². The molecule has 0 aromatic carbocycles. The van der Waals surface area contributed by atoms with E-state index in [9.17, 15) is 9.90 Å². The summed E-state index contributed by atoms with van der Waals surface area (Å²) in [6, 6.07) is -0.0639. The molecule has 0 aromatic rings. The zero-order chi connectivity index (χ0) is 15.8. The molecule has 0 spiro atoms. The van der Waals surface area contributed by atoms with Crippen LogP contribution in [0.4, 0.5) is 4.79 Å². The van der Waals surface area contributed by atoms with E-state index in [2.05, 4.69) is 22.5 Å². The summed E-state index contributed by atoms with van der Waals surface area (Å²) in [6.45, 7) is 11.8. The highest BCUT2D eigenvalue weighted by atomic mass is 16.3. The molecule has 124 valence electrons. The van der Waals surface area contributed by atoms with Gasteiger partial charge < -0.3 is 20.6 Å². The van der Waals surface area contributed by atoms with Gasteiger partial charge in [0.05, 0.1) is 6.10 Å². The molecule has 1 heterocycles. The highest BCUT2D eigenvalue weighted by molar-refractivity contribution is 5.74. The van der Waals surface area contributed by atoms with Crippen molar-refractivity contribution in [3.63, 3.8) is 0 Å². The van der Waals surface area contributed by atoms with Crippen LogP contribution in [0, 0.1) is 11.8 Å². The van der Waals surface area contributed by atoms with E-state index in [1.807, 2.05) is 20.8 Å². The quantitative estimate of drug-likeness (QED) is 0.672. The SMILES string of the molecule is CCC(C)C(O)CNC(=O)NC(C)CN1CCCC(C)C1. The second-order valence-electron chi connectivity index (χ2n) is 6.72. The first-order valence-electron chi connectivity index (χ1n) is 8.37. The molecule has 0 bridgehead atoms. The minimum absolute atomic E-state index is 0.121. The molecule has 4 unspecified atom stereocenters. The van der Waals surface area contributed by atoms with Crippen LogP contribution < -0.4 is 10.6 Å². The first kappa shape index (κ1) is 18.2. The molecule has 1 fully saturated rings. The van der Waals surface area contributed by atoms with E-state index in [-0.39, 0.29) is 18.0 Å². The molecular formula is C16H33N3O2. The number of carbonyl (C=O) groups is 1. The van der Waals surface area contributed by atoms with Gasteiger partial charge in [0.1, 0.15) is 0 Å². The molecule has 5 nitrogen and oxygen atoms in total. The molecule has 0 aromatic heterocycles. The van der Waals surface area contributed by atoms with E-state index in [1.165, 1.54) is 12.8 Å². The Morgan fingerprint density at radius 1 is 1.43 bits per heavy atom. The van der Waals surface area contributed by atoms with Crippen LogP contribution in [0.25, 0.3) is 0 Å². The van der Waals surface area contributed by atoms with Crippen molar-refractivity contribution in [1.82, 2.24) is 15.5 Å². The highest BCUT2D eigenvalue weighted by Gasteiger charge is 2.19. The Balaban J connectivity index is 2.21. The van der Waals surface area contributed by atoms with Gasteiger partial charge in [0.25, 0.3) is 0 Å². The van der Waals surface area contributed by atoms with Crippen molar-refractivity contribution in [3.8, 4) is 0 Å². The lowest BCUT2D eigenvalue weighted by atomic mass is 10.00. The molecule has 3 N–H and O–H groups in total. The first-order chi connectivity index (χ1) is 9.92. The van der Waals surface area contributed by atoms with Crippen LogP contribution in [-0.4, -0.2) is 54.4 Å². The average molecular weight is 299 g/mol. The van der Waals surface area contributed by atoms with Crippen molar-refractivity contribution < 1.29 is 9.90 Å². The number of aliphatic hydroxyl groups is 1. The van der Waals surface area contributed by atoms with E-state index in [1.54, 1.807) is 0 Å². The van der Waals surface area contributed by atoms with Gasteiger partial charge in [-0.25, -0.2) is 4.79 Å². The van der Waals surface area contributed by atoms with Gasteiger partial charge in [0.15, 0.2) is 0 Å². The molecule has 1 rings (SSSR count). The topological polar surface area (TPSA) is 64.6 Å². The average Bonchev–Trinajstić information content (AvgIpc) is 2.43. The number of urea groups is 1.